The number of rotatable bonds is 3. The average Bonchev–Trinajstić information content (AvgIpc) is 3.24. The minimum Gasteiger partial charge on any atom is -0.382 e. The number of carbonyl (C=O) groups excluding carboxylic acids is 1. The van der Waals surface area contributed by atoms with Crippen LogP contribution in [0.1, 0.15) is 13.2 Å². The number of hydrogen-bond donors (Lipinski definition) is 2. The van der Waals surface area contributed by atoms with Crippen molar-refractivity contribution in [3.05, 3.63) is 66.4 Å². The van der Waals surface area contributed by atoms with Gasteiger partial charge in [0.05, 0.1) is 17.2 Å². The number of piperazine rings is 1. The molecular formula is C22H25N7O. The largest absolute Gasteiger partial charge is 0.382 e. The first-order valence-electron chi connectivity index (χ1n) is 9.86. The lowest BCUT2D eigenvalue weighted by Gasteiger charge is -2.35. The van der Waals surface area contributed by atoms with E-state index < -0.39 is 0 Å². The van der Waals surface area contributed by atoms with Gasteiger partial charge in [-0.05, 0) is 24.3 Å². The minimum atomic E-state index is 0. The van der Waals surface area contributed by atoms with E-state index >= 15 is 0 Å². The van der Waals surface area contributed by atoms with Gasteiger partial charge in [0.15, 0.2) is 17.3 Å². The molecule has 0 spiro atoms. The molecule has 3 N–H and O–H groups in total. The lowest BCUT2D eigenvalue weighted by Crippen LogP contribution is -2.49. The molecule has 8 heteroatoms. The molecule has 154 valence electrons. The highest BCUT2D eigenvalue weighted by Crippen LogP contribution is 2.25. The Bertz CT molecular complexity index is 1170. The second kappa shape index (κ2) is 7.47. The van der Waals surface area contributed by atoms with E-state index in [-0.39, 0.29) is 8.76 Å². The molecule has 1 fully saturated rings. The number of nitrogens with zero attached hydrogens (tertiary/aromatic N) is 5. The van der Waals surface area contributed by atoms with Crippen LogP contribution in [-0.4, -0.2) is 56.9 Å². The van der Waals surface area contributed by atoms with E-state index in [1.807, 2.05) is 59.5 Å². The number of fused-ring (bicyclic) bond motifs is 1. The second-order valence-corrected chi connectivity index (χ2v) is 7.21. The van der Waals surface area contributed by atoms with Gasteiger partial charge in [-0.3, -0.25) is 4.79 Å². The summed E-state index contributed by atoms with van der Waals surface area (Å²) in [6, 6.07) is 17.2. The number of amides is 1. The first kappa shape index (κ1) is 18.1. The Labute approximate surface area is 176 Å². The number of nitrogens with one attached hydrogen (secondary N) is 1. The van der Waals surface area contributed by atoms with Crippen molar-refractivity contribution in [3.8, 4) is 11.5 Å². The molecule has 0 saturated carbocycles. The van der Waals surface area contributed by atoms with Gasteiger partial charge >= 0.3 is 0 Å². The van der Waals surface area contributed by atoms with Crippen molar-refractivity contribution < 1.29 is 7.65 Å². The number of aromatic nitrogens is 4. The SMILES string of the molecule is Nc1ncc(N2CCN(C(=O)c3ccccc3)CC2)nc1-c1nc2ccccc2[nH]1.[HH].[HH]. The minimum absolute atomic E-state index is 0. The van der Waals surface area contributed by atoms with Crippen molar-refractivity contribution in [1.29, 1.82) is 0 Å². The van der Waals surface area contributed by atoms with Crippen LogP contribution in [0.25, 0.3) is 22.6 Å². The lowest BCUT2D eigenvalue weighted by atomic mass is 10.2. The van der Waals surface area contributed by atoms with Crippen molar-refractivity contribution in [3.63, 3.8) is 0 Å². The molecule has 4 aromatic rings. The summed E-state index contributed by atoms with van der Waals surface area (Å²) in [4.78, 5) is 33.6. The standard InChI is InChI=1S/C22H21N7O.2H2/c23-20-19(21-25-16-8-4-5-9-17(16)26-21)27-18(14-24-20)28-10-12-29(13-11-28)22(30)15-6-2-1-3-7-15;;/h1-9,14H,10-13H2,(H2,23,24)(H,25,26);2*1H. The van der Waals surface area contributed by atoms with Crippen LogP contribution in [0.5, 0.6) is 0 Å². The van der Waals surface area contributed by atoms with Gasteiger partial charge in [0.2, 0.25) is 0 Å². The number of para-hydroxylation sites is 2. The molecule has 0 bridgehead atoms. The Morgan fingerprint density at radius 3 is 2.47 bits per heavy atom. The van der Waals surface area contributed by atoms with Crippen LogP contribution in [0.15, 0.2) is 60.8 Å². The van der Waals surface area contributed by atoms with Gasteiger partial charge < -0.3 is 20.5 Å². The maximum absolute atomic E-state index is 12.7. The first-order valence-corrected chi connectivity index (χ1v) is 9.86. The van der Waals surface area contributed by atoms with E-state index in [9.17, 15) is 4.79 Å². The quantitative estimate of drug-likeness (QED) is 0.545. The molecule has 0 unspecified atom stereocenters. The van der Waals surface area contributed by atoms with Crippen LogP contribution in [0.2, 0.25) is 0 Å². The fourth-order valence-electron chi connectivity index (χ4n) is 3.68. The maximum Gasteiger partial charge on any atom is 0.253 e. The number of nitrogen functional groups attached to an aromatic ring is 1. The predicted octanol–water partition coefficient (Wildman–Crippen LogP) is 3.06. The smallest absolute Gasteiger partial charge is 0.253 e. The van der Waals surface area contributed by atoms with Crippen LogP contribution in [0, 0.1) is 0 Å². The van der Waals surface area contributed by atoms with Crippen molar-refractivity contribution in [2.45, 2.75) is 0 Å². The fourth-order valence-corrected chi connectivity index (χ4v) is 3.68. The molecule has 0 atom stereocenters. The van der Waals surface area contributed by atoms with Crippen molar-refractivity contribution in [1.82, 2.24) is 24.8 Å². The van der Waals surface area contributed by atoms with Crippen molar-refractivity contribution >= 4 is 28.6 Å². The Hall–Kier alpha value is -3.94. The van der Waals surface area contributed by atoms with E-state index in [0.29, 0.717) is 49.1 Å². The fraction of sp³-hybridized carbons (Fsp3) is 0.182. The number of nitrogens with two attached hydrogens (primary N) is 1. The summed E-state index contributed by atoms with van der Waals surface area (Å²) in [6.07, 6.45) is 1.68. The van der Waals surface area contributed by atoms with E-state index in [0.717, 1.165) is 16.9 Å². The van der Waals surface area contributed by atoms with Gasteiger partial charge in [-0.25, -0.2) is 15.0 Å². The zero-order valence-electron chi connectivity index (χ0n) is 16.3. The number of anilines is 2. The maximum atomic E-state index is 12.7. The normalized spacial score (nSPS) is 14.3. The first-order chi connectivity index (χ1) is 14.7. The molecule has 1 saturated heterocycles. The molecule has 5 rings (SSSR count). The lowest BCUT2D eigenvalue weighted by molar-refractivity contribution is 0.0746. The number of carbonyl (C=O) groups is 1. The Morgan fingerprint density at radius 1 is 0.967 bits per heavy atom. The van der Waals surface area contributed by atoms with Crippen LogP contribution in [0.4, 0.5) is 11.6 Å². The summed E-state index contributed by atoms with van der Waals surface area (Å²) in [6.45, 7) is 2.60. The summed E-state index contributed by atoms with van der Waals surface area (Å²) in [5, 5.41) is 0. The number of benzene rings is 2. The van der Waals surface area contributed by atoms with Crippen LogP contribution < -0.4 is 10.6 Å². The summed E-state index contributed by atoms with van der Waals surface area (Å²) in [5.74, 6) is 1.71. The highest BCUT2D eigenvalue weighted by Gasteiger charge is 2.24. The Balaban J connectivity index is 0.00000144. The number of hydrogen-bond acceptors (Lipinski definition) is 6. The van der Waals surface area contributed by atoms with Crippen LogP contribution >= 0.6 is 0 Å². The van der Waals surface area contributed by atoms with E-state index in [1.54, 1.807) is 6.20 Å². The zero-order valence-corrected chi connectivity index (χ0v) is 16.3. The molecular weight excluding hydrogens is 378 g/mol. The highest BCUT2D eigenvalue weighted by atomic mass is 16.2. The molecule has 1 amide bonds. The molecule has 1 aliphatic rings. The summed E-state index contributed by atoms with van der Waals surface area (Å²) in [5.41, 5.74) is 9.12. The zero-order chi connectivity index (χ0) is 20.5. The van der Waals surface area contributed by atoms with E-state index in [1.165, 1.54) is 0 Å². The van der Waals surface area contributed by atoms with Gasteiger partial charge in [0, 0.05) is 34.6 Å². The monoisotopic (exact) mass is 403 g/mol. The average molecular weight is 403 g/mol. The summed E-state index contributed by atoms with van der Waals surface area (Å²) >= 11 is 0. The molecule has 2 aromatic carbocycles. The summed E-state index contributed by atoms with van der Waals surface area (Å²) in [7, 11) is 0. The molecule has 0 aliphatic carbocycles. The Kier molecular flexibility index (Phi) is 4.51. The van der Waals surface area contributed by atoms with Crippen LogP contribution in [0.3, 0.4) is 0 Å². The third-order valence-corrected chi connectivity index (χ3v) is 5.31. The Morgan fingerprint density at radius 2 is 1.70 bits per heavy atom. The number of imidazole rings is 1. The van der Waals surface area contributed by atoms with Gasteiger partial charge in [-0.1, -0.05) is 30.3 Å². The second-order valence-electron chi connectivity index (χ2n) is 7.21. The van der Waals surface area contributed by atoms with Gasteiger partial charge in [-0.15, -0.1) is 0 Å². The van der Waals surface area contributed by atoms with E-state index in [2.05, 4.69) is 19.9 Å². The molecule has 2 aromatic heterocycles. The van der Waals surface area contributed by atoms with Gasteiger partial charge in [0.25, 0.3) is 5.91 Å². The summed E-state index contributed by atoms with van der Waals surface area (Å²) < 4.78 is 0. The van der Waals surface area contributed by atoms with Gasteiger partial charge in [-0.2, -0.15) is 0 Å². The van der Waals surface area contributed by atoms with Crippen molar-refractivity contribution in [2.24, 2.45) is 0 Å². The number of aromatic amines is 1. The molecule has 0 radical (unpaired) electrons. The van der Waals surface area contributed by atoms with Crippen LogP contribution in [-0.2, 0) is 0 Å². The predicted molar refractivity (Wildman–Crippen MR) is 120 cm³/mol. The molecule has 1 aliphatic heterocycles. The van der Waals surface area contributed by atoms with Gasteiger partial charge in [0.1, 0.15) is 5.82 Å². The molecule has 8 nitrogen and oxygen atoms in total. The van der Waals surface area contributed by atoms with Crippen molar-refractivity contribution in [2.75, 3.05) is 36.8 Å². The molecule has 3 heterocycles. The topological polar surface area (TPSA) is 104 Å². The molecule has 30 heavy (non-hydrogen) atoms. The van der Waals surface area contributed by atoms with E-state index in [4.69, 9.17) is 10.7 Å². The highest BCUT2D eigenvalue weighted by molar-refractivity contribution is 5.94. The third kappa shape index (κ3) is 3.32. The third-order valence-electron chi connectivity index (χ3n) is 5.31. The number of H-pyrrole nitrogens is 1.